The van der Waals surface area contributed by atoms with Crippen LogP contribution in [0.15, 0.2) is 83.3 Å². The lowest BCUT2D eigenvalue weighted by atomic mass is 10.1. The molecule has 137 valence electrons. The maximum Gasteiger partial charge on any atom is 0.158 e. The van der Waals surface area contributed by atoms with Crippen molar-refractivity contribution in [3.63, 3.8) is 0 Å². The summed E-state index contributed by atoms with van der Waals surface area (Å²) in [7, 11) is -0.369. The second-order valence-corrected chi connectivity index (χ2v) is 10.4. The summed E-state index contributed by atoms with van der Waals surface area (Å²) in [4.78, 5) is 0. The largest absolute Gasteiger partial charge is 0.454 e. The quantitative estimate of drug-likeness (QED) is 0.330. The molecule has 5 aromatic rings. The molecule has 0 saturated heterocycles. The van der Waals surface area contributed by atoms with Crippen LogP contribution in [0.2, 0.25) is 13.1 Å². The molecular formula is C25H22NOSi. The van der Waals surface area contributed by atoms with Gasteiger partial charge in [0.15, 0.2) is 5.58 Å². The zero-order chi connectivity index (χ0) is 19.1. The second-order valence-electron chi connectivity index (χ2n) is 7.65. The van der Waals surface area contributed by atoms with Crippen LogP contribution < -0.4 is 5.32 Å². The minimum absolute atomic E-state index is 0.369. The van der Waals surface area contributed by atoms with Crippen molar-refractivity contribution in [2.75, 3.05) is 5.32 Å². The highest BCUT2D eigenvalue weighted by molar-refractivity contribution is 6.55. The minimum Gasteiger partial charge on any atom is -0.454 e. The van der Waals surface area contributed by atoms with Gasteiger partial charge in [0.1, 0.15) is 5.58 Å². The summed E-state index contributed by atoms with van der Waals surface area (Å²) in [5.74, 6) is 0. The lowest BCUT2D eigenvalue weighted by molar-refractivity contribution is 0.666. The fourth-order valence-electron chi connectivity index (χ4n) is 3.92. The van der Waals surface area contributed by atoms with Gasteiger partial charge in [0.05, 0.1) is 5.69 Å². The van der Waals surface area contributed by atoms with Gasteiger partial charge in [-0.3, -0.25) is 0 Å². The molecule has 3 heteroatoms. The number of hydrogen-bond donors (Lipinski definition) is 1. The Morgan fingerprint density at radius 1 is 0.750 bits per heavy atom. The third kappa shape index (κ3) is 2.98. The van der Waals surface area contributed by atoms with Gasteiger partial charge in [-0.2, -0.15) is 0 Å². The Kier molecular flexibility index (Phi) is 4.17. The van der Waals surface area contributed by atoms with Gasteiger partial charge >= 0.3 is 0 Å². The van der Waals surface area contributed by atoms with E-state index in [-0.39, 0.29) is 8.80 Å². The summed E-state index contributed by atoms with van der Waals surface area (Å²) in [5, 5.41) is 8.42. The van der Waals surface area contributed by atoms with Crippen molar-refractivity contribution in [1.29, 1.82) is 0 Å². The van der Waals surface area contributed by atoms with Crippen LogP contribution in [0.4, 0.5) is 11.4 Å². The van der Waals surface area contributed by atoms with Crippen molar-refractivity contribution in [2.45, 2.75) is 19.1 Å². The fourth-order valence-corrected chi connectivity index (χ4v) is 4.96. The highest BCUT2D eigenvalue weighted by Crippen LogP contribution is 2.36. The summed E-state index contributed by atoms with van der Waals surface area (Å²) < 4.78 is 6.43. The van der Waals surface area contributed by atoms with E-state index in [0.717, 1.165) is 28.6 Å². The molecule has 0 atom stereocenters. The summed E-state index contributed by atoms with van der Waals surface area (Å²) in [5.41, 5.74) is 5.37. The van der Waals surface area contributed by atoms with Crippen LogP contribution in [0.25, 0.3) is 32.7 Å². The maximum atomic E-state index is 6.43. The number of rotatable bonds is 4. The number of furan rings is 1. The highest BCUT2D eigenvalue weighted by atomic mass is 28.3. The predicted molar refractivity (Wildman–Crippen MR) is 122 cm³/mol. The normalized spacial score (nSPS) is 11.7. The fraction of sp³-hybridized carbons (Fsp3) is 0.120. The van der Waals surface area contributed by atoms with E-state index in [0.29, 0.717) is 0 Å². The first kappa shape index (κ1) is 17.1. The Morgan fingerprint density at radius 3 is 2.32 bits per heavy atom. The van der Waals surface area contributed by atoms with Crippen molar-refractivity contribution in [3.8, 4) is 0 Å². The van der Waals surface area contributed by atoms with E-state index in [1.165, 1.54) is 27.1 Å². The number of para-hydroxylation sites is 2. The topological polar surface area (TPSA) is 25.2 Å². The summed E-state index contributed by atoms with van der Waals surface area (Å²) in [6.07, 6.45) is 0. The highest BCUT2D eigenvalue weighted by Gasteiger charge is 2.14. The maximum absolute atomic E-state index is 6.43. The molecule has 0 aliphatic rings. The molecule has 4 aromatic carbocycles. The van der Waals surface area contributed by atoms with E-state index < -0.39 is 0 Å². The molecule has 0 spiro atoms. The molecule has 0 fully saturated rings. The van der Waals surface area contributed by atoms with E-state index >= 15 is 0 Å². The molecule has 1 aromatic heterocycles. The van der Waals surface area contributed by atoms with E-state index in [4.69, 9.17) is 4.42 Å². The lowest BCUT2D eigenvalue weighted by Crippen LogP contribution is -2.05. The first-order valence-electron chi connectivity index (χ1n) is 9.67. The molecule has 0 unspecified atom stereocenters. The number of nitrogens with one attached hydrogen (secondary N) is 1. The molecular weight excluding hydrogens is 358 g/mol. The third-order valence-electron chi connectivity index (χ3n) is 5.18. The summed E-state index contributed by atoms with van der Waals surface area (Å²) >= 11 is 0. The first-order valence-corrected chi connectivity index (χ1v) is 12.4. The molecule has 0 aliphatic carbocycles. The Morgan fingerprint density at radius 2 is 1.50 bits per heavy atom. The number of anilines is 2. The predicted octanol–water partition coefficient (Wildman–Crippen LogP) is 7.32. The van der Waals surface area contributed by atoms with Gasteiger partial charge in [0.2, 0.25) is 0 Å². The summed E-state index contributed by atoms with van der Waals surface area (Å²) in [6.45, 7) is 4.69. The van der Waals surface area contributed by atoms with Gasteiger partial charge in [0.25, 0.3) is 0 Å². The Hall–Kier alpha value is -3.04. The van der Waals surface area contributed by atoms with Gasteiger partial charge in [-0.1, -0.05) is 73.8 Å². The van der Waals surface area contributed by atoms with Gasteiger partial charge < -0.3 is 9.73 Å². The molecule has 0 aliphatic heterocycles. The molecule has 1 N–H and O–H groups in total. The molecule has 0 bridgehead atoms. The zero-order valence-corrected chi connectivity index (χ0v) is 17.1. The molecule has 1 heterocycles. The van der Waals surface area contributed by atoms with Crippen molar-refractivity contribution < 1.29 is 4.42 Å². The van der Waals surface area contributed by atoms with Crippen LogP contribution in [0.1, 0.15) is 5.56 Å². The molecule has 1 radical (unpaired) electrons. The van der Waals surface area contributed by atoms with Crippen molar-refractivity contribution in [2.24, 2.45) is 0 Å². The molecule has 2 nitrogen and oxygen atoms in total. The van der Waals surface area contributed by atoms with Crippen molar-refractivity contribution >= 4 is 52.9 Å². The van der Waals surface area contributed by atoms with Gasteiger partial charge in [-0.15, -0.1) is 0 Å². The minimum atomic E-state index is -0.369. The van der Waals surface area contributed by atoms with Crippen LogP contribution in [0, 0.1) is 0 Å². The average molecular weight is 381 g/mol. The Labute approximate surface area is 166 Å². The van der Waals surface area contributed by atoms with E-state index in [2.05, 4.69) is 97.3 Å². The average Bonchev–Trinajstić information content (AvgIpc) is 3.09. The van der Waals surface area contributed by atoms with Crippen molar-refractivity contribution in [3.05, 3.63) is 84.4 Å². The monoisotopic (exact) mass is 380 g/mol. The molecule has 0 amide bonds. The van der Waals surface area contributed by atoms with Gasteiger partial charge in [0, 0.05) is 25.3 Å². The van der Waals surface area contributed by atoms with Crippen molar-refractivity contribution in [1.82, 2.24) is 0 Å². The van der Waals surface area contributed by atoms with Crippen LogP contribution in [-0.2, 0) is 6.04 Å². The SMILES string of the molecule is C[Si](C)Cc1cccc2c1oc1c(Nc3ccc4ccccc4c3)cccc12. The Balaban J connectivity index is 1.62. The molecule has 28 heavy (non-hydrogen) atoms. The smallest absolute Gasteiger partial charge is 0.158 e. The van der Waals surface area contributed by atoms with Crippen LogP contribution in [0.5, 0.6) is 0 Å². The Bertz CT molecular complexity index is 1300. The van der Waals surface area contributed by atoms with E-state index in [9.17, 15) is 0 Å². The standard InChI is InChI=1S/C25H22NOSi/c1-28(2)16-19-9-5-10-21-22-11-6-12-23(25(22)27-24(19)21)26-20-14-13-17-7-3-4-8-18(17)15-20/h3-15,26H,16H2,1-2H3. The third-order valence-corrected chi connectivity index (χ3v) is 6.27. The second kappa shape index (κ2) is 6.84. The van der Waals surface area contributed by atoms with Crippen LogP contribution >= 0.6 is 0 Å². The van der Waals surface area contributed by atoms with Crippen LogP contribution in [0.3, 0.4) is 0 Å². The zero-order valence-electron chi connectivity index (χ0n) is 16.1. The van der Waals surface area contributed by atoms with Crippen LogP contribution in [-0.4, -0.2) is 8.80 Å². The number of benzene rings is 4. The summed E-state index contributed by atoms with van der Waals surface area (Å²) in [6, 6.07) is 28.9. The van der Waals surface area contributed by atoms with E-state index in [1.807, 2.05) is 0 Å². The number of fused-ring (bicyclic) bond motifs is 4. The lowest BCUT2D eigenvalue weighted by Gasteiger charge is -2.08. The first-order chi connectivity index (χ1) is 13.7. The number of hydrogen-bond acceptors (Lipinski definition) is 2. The van der Waals surface area contributed by atoms with E-state index in [1.54, 1.807) is 0 Å². The van der Waals surface area contributed by atoms with Gasteiger partial charge in [-0.25, -0.2) is 0 Å². The molecule has 0 saturated carbocycles. The molecule has 5 rings (SSSR count). The van der Waals surface area contributed by atoms with Gasteiger partial charge in [-0.05, 0) is 40.6 Å².